The van der Waals surface area contributed by atoms with Crippen LogP contribution in [0.2, 0.25) is 0 Å². The SMILES string of the molecule is COCc1ccsc1C(=O)N1C[C@@H](C(F)(F)F)[C@H](C(=O)O)C1. The van der Waals surface area contributed by atoms with E-state index in [9.17, 15) is 22.8 Å². The molecule has 2 heterocycles. The minimum atomic E-state index is -4.65. The number of amides is 1. The molecule has 1 saturated heterocycles. The molecule has 122 valence electrons. The topological polar surface area (TPSA) is 66.8 Å². The van der Waals surface area contributed by atoms with Crippen molar-refractivity contribution in [3.8, 4) is 0 Å². The highest BCUT2D eigenvalue weighted by molar-refractivity contribution is 7.12. The second-order valence-electron chi connectivity index (χ2n) is 5.01. The van der Waals surface area contributed by atoms with Crippen LogP contribution >= 0.6 is 11.3 Å². The zero-order valence-corrected chi connectivity index (χ0v) is 12.4. The molecule has 1 fully saturated rings. The first-order chi connectivity index (χ1) is 10.3. The van der Waals surface area contributed by atoms with Gasteiger partial charge in [-0.25, -0.2) is 0 Å². The molecule has 1 aliphatic heterocycles. The number of alkyl halides is 3. The smallest absolute Gasteiger partial charge is 0.394 e. The third kappa shape index (κ3) is 3.25. The van der Waals surface area contributed by atoms with E-state index < -0.39 is 43.0 Å². The lowest BCUT2D eigenvalue weighted by Crippen LogP contribution is -2.34. The largest absolute Gasteiger partial charge is 0.481 e. The van der Waals surface area contributed by atoms with Crippen molar-refractivity contribution in [3.05, 3.63) is 21.9 Å². The van der Waals surface area contributed by atoms with Crippen LogP contribution in [0.5, 0.6) is 0 Å². The molecule has 0 aliphatic carbocycles. The first-order valence-electron chi connectivity index (χ1n) is 6.39. The zero-order valence-electron chi connectivity index (χ0n) is 11.6. The lowest BCUT2D eigenvalue weighted by atomic mass is 9.96. The van der Waals surface area contributed by atoms with Crippen LogP contribution < -0.4 is 0 Å². The molecule has 1 amide bonds. The van der Waals surface area contributed by atoms with Crippen molar-refractivity contribution in [1.29, 1.82) is 0 Å². The Labute approximate surface area is 128 Å². The van der Waals surface area contributed by atoms with Gasteiger partial charge in [-0.2, -0.15) is 13.2 Å². The number of ether oxygens (including phenoxy) is 1. The minimum Gasteiger partial charge on any atom is -0.481 e. The lowest BCUT2D eigenvalue weighted by molar-refractivity contribution is -0.187. The molecule has 9 heteroatoms. The summed E-state index contributed by atoms with van der Waals surface area (Å²) in [5.41, 5.74) is 0.583. The first kappa shape index (κ1) is 16.8. The quantitative estimate of drug-likeness (QED) is 0.915. The van der Waals surface area contributed by atoms with E-state index in [1.54, 1.807) is 11.4 Å². The van der Waals surface area contributed by atoms with Crippen LogP contribution in [0.15, 0.2) is 11.4 Å². The number of nitrogens with zero attached hydrogens (tertiary/aromatic N) is 1. The Morgan fingerprint density at radius 2 is 2.14 bits per heavy atom. The molecule has 0 unspecified atom stereocenters. The average molecular weight is 337 g/mol. The summed E-state index contributed by atoms with van der Waals surface area (Å²) >= 11 is 1.10. The number of aliphatic carboxylic acids is 1. The number of carboxylic acids is 1. The second-order valence-corrected chi connectivity index (χ2v) is 5.93. The van der Waals surface area contributed by atoms with Gasteiger partial charge in [0, 0.05) is 25.8 Å². The molecule has 1 N–H and O–H groups in total. The van der Waals surface area contributed by atoms with E-state index >= 15 is 0 Å². The maximum Gasteiger partial charge on any atom is 0.394 e. The Bertz CT molecular complexity index is 572. The number of thiophene rings is 1. The summed E-state index contributed by atoms with van der Waals surface area (Å²) in [4.78, 5) is 24.6. The van der Waals surface area contributed by atoms with Crippen LogP contribution in [0.25, 0.3) is 0 Å². The third-order valence-electron chi connectivity index (χ3n) is 3.59. The molecule has 0 spiro atoms. The van der Waals surface area contributed by atoms with E-state index in [4.69, 9.17) is 9.84 Å². The van der Waals surface area contributed by atoms with E-state index in [0.717, 1.165) is 16.2 Å². The van der Waals surface area contributed by atoms with E-state index in [1.165, 1.54) is 7.11 Å². The number of carbonyl (C=O) groups excluding carboxylic acids is 1. The van der Waals surface area contributed by atoms with Crippen LogP contribution in [-0.4, -0.2) is 48.3 Å². The summed E-state index contributed by atoms with van der Waals surface area (Å²) in [5, 5.41) is 10.6. The van der Waals surface area contributed by atoms with Gasteiger partial charge in [0.25, 0.3) is 5.91 Å². The van der Waals surface area contributed by atoms with E-state index in [-0.39, 0.29) is 11.5 Å². The molecular weight excluding hydrogens is 323 g/mol. The van der Waals surface area contributed by atoms with E-state index in [1.807, 2.05) is 0 Å². The molecule has 0 radical (unpaired) electrons. The standard InChI is InChI=1S/C13H14F3NO4S/c1-21-6-7-2-3-22-10(7)11(18)17-4-8(12(19)20)9(5-17)13(14,15)16/h2-3,8-9H,4-6H2,1H3,(H,19,20)/t8-,9-/m1/s1. The number of halogens is 3. The number of carboxylic acid groups (broad SMARTS) is 1. The Hall–Kier alpha value is -1.61. The Kier molecular flexibility index (Phi) is 4.76. The monoisotopic (exact) mass is 337 g/mol. The molecule has 1 aromatic rings. The summed E-state index contributed by atoms with van der Waals surface area (Å²) in [6, 6.07) is 1.66. The number of methoxy groups -OCH3 is 1. The average Bonchev–Trinajstić information content (AvgIpc) is 3.04. The molecule has 5 nitrogen and oxygen atoms in total. The fourth-order valence-electron chi connectivity index (χ4n) is 2.49. The number of hydrogen-bond donors (Lipinski definition) is 1. The van der Waals surface area contributed by atoms with Crippen LogP contribution in [0.1, 0.15) is 15.2 Å². The van der Waals surface area contributed by atoms with Gasteiger partial charge in [0.2, 0.25) is 0 Å². The lowest BCUT2D eigenvalue weighted by Gasteiger charge is -2.18. The highest BCUT2D eigenvalue weighted by Gasteiger charge is 2.53. The highest BCUT2D eigenvalue weighted by Crippen LogP contribution is 2.38. The van der Waals surface area contributed by atoms with E-state index in [0.29, 0.717) is 5.56 Å². The molecular formula is C13H14F3NO4S. The number of hydrogen-bond acceptors (Lipinski definition) is 4. The normalized spacial score (nSPS) is 22.1. The molecule has 0 aromatic carbocycles. The Morgan fingerprint density at radius 3 is 2.64 bits per heavy atom. The first-order valence-corrected chi connectivity index (χ1v) is 7.27. The van der Waals surface area contributed by atoms with Crippen molar-refractivity contribution in [2.45, 2.75) is 12.8 Å². The summed E-state index contributed by atoms with van der Waals surface area (Å²) in [7, 11) is 1.45. The molecule has 1 aliphatic rings. The van der Waals surface area contributed by atoms with Crippen LogP contribution in [0.3, 0.4) is 0 Å². The van der Waals surface area contributed by atoms with Crippen molar-refractivity contribution in [1.82, 2.24) is 4.90 Å². The fraction of sp³-hybridized carbons (Fsp3) is 0.538. The van der Waals surface area contributed by atoms with Gasteiger partial charge in [0.1, 0.15) is 0 Å². The molecule has 0 saturated carbocycles. The minimum absolute atomic E-state index is 0.170. The van der Waals surface area contributed by atoms with Gasteiger partial charge in [-0.3, -0.25) is 9.59 Å². The molecule has 2 atom stereocenters. The van der Waals surface area contributed by atoms with Gasteiger partial charge >= 0.3 is 12.1 Å². The van der Waals surface area contributed by atoms with Crippen molar-refractivity contribution in [3.63, 3.8) is 0 Å². The highest BCUT2D eigenvalue weighted by atomic mass is 32.1. The molecule has 1 aromatic heterocycles. The van der Waals surface area contributed by atoms with Gasteiger partial charge < -0.3 is 14.7 Å². The van der Waals surface area contributed by atoms with Crippen molar-refractivity contribution in [2.75, 3.05) is 20.2 Å². The third-order valence-corrected chi connectivity index (χ3v) is 4.53. The van der Waals surface area contributed by atoms with Crippen LogP contribution in [-0.2, 0) is 16.1 Å². The van der Waals surface area contributed by atoms with Gasteiger partial charge in [0.15, 0.2) is 0 Å². The van der Waals surface area contributed by atoms with Crippen LogP contribution in [0.4, 0.5) is 13.2 Å². The maximum absolute atomic E-state index is 12.9. The summed E-state index contributed by atoms with van der Waals surface area (Å²) in [6.07, 6.45) is -4.65. The number of rotatable bonds is 4. The molecule has 2 rings (SSSR count). The molecule has 22 heavy (non-hydrogen) atoms. The summed E-state index contributed by atoms with van der Waals surface area (Å²) < 4.78 is 43.7. The van der Waals surface area contributed by atoms with Gasteiger partial charge in [-0.05, 0) is 11.4 Å². The Balaban J connectivity index is 2.21. The van der Waals surface area contributed by atoms with Crippen molar-refractivity contribution >= 4 is 23.2 Å². The molecule has 0 bridgehead atoms. The fourth-order valence-corrected chi connectivity index (χ4v) is 3.36. The zero-order chi connectivity index (χ0) is 16.5. The maximum atomic E-state index is 12.9. The van der Waals surface area contributed by atoms with Crippen molar-refractivity contribution < 1.29 is 32.6 Å². The predicted molar refractivity (Wildman–Crippen MR) is 71.6 cm³/mol. The van der Waals surface area contributed by atoms with Gasteiger partial charge in [-0.15, -0.1) is 11.3 Å². The second kappa shape index (κ2) is 6.25. The number of likely N-dealkylation sites (tertiary alicyclic amines) is 1. The van der Waals surface area contributed by atoms with Crippen molar-refractivity contribution in [2.24, 2.45) is 11.8 Å². The van der Waals surface area contributed by atoms with E-state index in [2.05, 4.69) is 0 Å². The summed E-state index contributed by atoms with van der Waals surface area (Å²) in [6.45, 7) is -0.907. The summed E-state index contributed by atoms with van der Waals surface area (Å²) in [5.74, 6) is -5.80. The van der Waals surface area contributed by atoms with Gasteiger partial charge in [0.05, 0.1) is 23.3 Å². The Morgan fingerprint density at radius 1 is 1.45 bits per heavy atom. The van der Waals surface area contributed by atoms with Gasteiger partial charge in [-0.1, -0.05) is 0 Å². The van der Waals surface area contributed by atoms with Crippen LogP contribution in [0, 0.1) is 11.8 Å². The number of carbonyl (C=O) groups is 2. The predicted octanol–water partition coefficient (Wildman–Crippen LogP) is 2.23.